The first-order valence-corrected chi connectivity index (χ1v) is 10.9. The summed E-state index contributed by atoms with van der Waals surface area (Å²) >= 11 is 10.1. The molecule has 4 nitrogen and oxygen atoms in total. The lowest BCUT2D eigenvalue weighted by Gasteiger charge is -2.14. The SMILES string of the molecule is CCCCOc1ccc(/C=C2\SC(=S)N(c3ccc(Br)cc3)C2=O)cc1OC. The minimum absolute atomic E-state index is 0.125. The zero-order valence-corrected chi connectivity index (χ0v) is 18.8. The molecule has 146 valence electrons. The number of ether oxygens (including phenoxy) is 2. The molecular formula is C21H20BrNO3S2. The quantitative estimate of drug-likeness (QED) is 0.276. The van der Waals surface area contributed by atoms with E-state index in [4.69, 9.17) is 21.7 Å². The molecule has 0 N–H and O–H groups in total. The van der Waals surface area contributed by atoms with Crippen LogP contribution in [0, 0.1) is 0 Å². The summed E-state index contributed by atoms with van der Waals surface area (Å²) in [6, 6.07) is 13.2. The van der Waals surface area contributed by atoms with E-state index in [1.807, 2.05) is 48.5 Å². The molecule has 1 saturated heterocycles. The molecule has 3 rings (SSSR count). The van der Waals surface area contributed by atoms with Gasteiger partial charge in [-0.3, -0.25) is 9.69 Å². The average molecular weight is 478 g/mol. The van der Waals surface area contributed by atoms with Crippen LogP contribution in [-0.4, -0.2) is 23.9 Å². The summed E-state index contributed by atoms with van der Waals surface area (Å²) in [5, 5.41) is 0. The molecule has 1 heterocycles. The Balaban J connectivity index is 1.82. The van der Waals surface area contributed by atoms with Crippen LogP contribution in [0.3, 0.4) is 0 Å². The number of methoxy groups -OCH3 is 1. The van der Waals surface area contributed by atoms with Crippen LogP contribution in [0.4, 0.5) is 5.69 Å². The Labute approximate surface area is 183 Å². The number of thiocarbonyl (C=S) groups is 1. The maximum Gasteiger partial charge on any atom is 0.270 e. The van der Waals surface area contributed by atoms with Crippen molar-refractivity contribution in [3.63, 3.8) is 0 Å². The Kier molecular flexibility index (Phi) is 7.15. The highest BCUT2D eigenvalue weighted by Crippen LogP contribution is 2.37. The first-order valence-electron chi connectivity index (χ1n) is 8.88. The van der Waals surface area contributed by atoms with Crippen molar-refractivity contribution in [1.29, 1.82) is 0 Å². The molecule has 2 aromatic carbocycles. The van der Waals surface area contributed by atoms with E-state index in [9.17, 15) is 4.79 Å². The molecule has 0 saturated carbocycles. The third kappa shape index (κ3) is 4.77. The largest absolute Gasteiger partial charge is 0.493 e. The van der Waals surface area contributed by atoms with Gasteiger partial charge in [0.25, 0.3) is 5.91 Å². The molecule has 0 unspecified atom stereocenters. The fourth-order valence-corrected chi connectivity index (χ4v) is 4.21. The normalized spacial score (nSPS) is 15.4. The number of benzene rings is 2. The van der Waals surface area contributed by atoms with Gasteiger partial charge in [0, 0.05) is 4.47 Å². The minimum atomic E-state index is -0.125. The molecule has 0 radical (unpaired) electrons. The van der Waals surface area contributed by atoms with Crippen molar-refractivity contribution in [2.24, 2.45) is 0 Å². The van der Waals surface area contributed by atoms with Gasteiger partial charge in [-0.15, -0.1) is 0 Å². The number of hydrogen-bond acceptors (Lipinski definition) is 5. The first kappa shape index (κ1) is 20.9. The van der Waals surface area contributed by atoms with Crippen LogP contribution in [0.2, 0.25) is 0 Å². The van der Waals surface area contributed by atoms with Gasteiger partial charge >= 0.3 is 0 Å². The van der Waals surface area contributed by atoms with E-state index in [-0.39, 0.29) is 5.91 Å². The van der Waals surface area contributed by atoms with E-state index in [0.717, 1.165) is 28.6 Å². The number of rotatable bonds is 7. The molecule has 2 aromatic rings. The maximum atomic E-state index is 12.9. The Morgan fingerprint density at radius 1 is 1.18 bits per heavy atom. The molecule has 0 bridgehead atoms. The van der Waals surface area contributed by atoms with Gasteiger partial charge in [0.1, 0.15) is 0 Å². The lowest BCUT2D eigenvalue weighted by Crippen LogP contribution is -2.27. The topological polar surface area (TPSA) is 38.8 Å². The summed E-state index contributed by atoms with van der Waals surface area (Å²) < 4.78 is 12.7. The van der Waals surface area contributed by atoms with Crippen LogP contribution < -0.4 is 14.4 Å². The van der Waals surface area contributed by atoms with Crippen LogP contribution in [0.1, 0.15) is 25.3 Å². The van der Waals surface area contributed by atoms with E-state index < -0.39 is 0 Å². The number of thioether (sulfide) groups is 1. The Bertz CT molecular complexity index is 912. The van der Waals surface area contributed by atoms with Crippen molar-refractivity contribution in [3.8, 4) is 11.5 Å². The number of carbonyl (C=O) groups excluding carboxylic acids is 1. The van der Waals surface area contributed by atoms with Crippen molar-refractivity contribution in [2.75, 3.05) is 18.6 Å². The number of anilines is 1. The number of unbranched alkanes of at least 4 members (excludes halogenated alkanes) is 1. The third-order valence-corrected chi connectivity index (χ3v) is 5.95. The minimum Gasteiger partial charge on any atom is -0.493 e. The van der Waals surface area contributed by atoms with E-state index in [1.165, 1.54) is 11.8 Å². The summed E-state index contributed by atoms with van der Waals surface area (Å²) in [7, 11) is 1.61. The monoisotopic (exact) mass is 477 g/mol. The zero-order chi connectivity index (χ0) is 20.1. The molecular weight excluding hydrogens is 458 g/mol. The van der Waals surface area contributed by atoms with Crippen LogP contribution >= 0.6 is 39.9 Å². The van der Waals surface area contributed by atoms with Crippen molar-refractivity contribution in [3.05, 3.63) is 57.4 Å². The molecule has 1 fully saturated rings. The highest BCUT2D eigenvalue weighted by molar-refractivity contribution is 9.10. The Hall–Kier alpha value is -1.83. The van der Waals surface area contributed by atoms with E-state index in [1.54, 1.807) is 12.0 Å². The predicted molar refractivity (Wildman–Crippen MR) is 123 cm³/mol. The Morgan fingerprint density at radius 2 is 1.93 bits per heavy atom. The number of nitrogens with zero attached hydrogens (tertiary/aromatic N) is 1. The maximum absolute atomic E-state index is 12.9. The third-order valence-electron chi connectivity index (χ3n) is 4.12. The van der Waals surface area contributed by atoms with Crippen LogP contribution in [0.25, 0.3) is 6.08 Å². The Morgan fingerprint density at radius 3 is 2.61 bits per heavy atom. The van der Waals surface area contributed by atoms with Gasteiger partial charge in [-0.2, -0.15) is 0 Å². The predicted octanol–water partition coefficient (Wildman–Crippen LogP) is 6.04. The van der Waals surface area contributed by atoms with Crippen molar-refractivity contribution >= 4 is 61.9 Å². The van der Waals surface area contributed by atoms with E-state index >= 15 is 0 Å². The van der Waals surface area contributed by atoms with E-state index in [2.05, 4.69) is 22.9 Å². The first-order chi connectivity index (χ1) is 13.5. The molecule has 28 heavy (non-hydrogen) atoms. The molecule has 0 aromatic heterocycles. The van der Waals surface area contributed by atoms with Crippen molar-refractivity contribution < 1.29 is 14.3 Å². The molecule has 7 heteroatoms. The standard InChI is InChI=1S/C21H20BrNO3S2/c1-3-4-11-26-17-10-5-14(12-18(17)25-2)13-19-20(24)23(21(27)28-19)16-8-6-15(22)7-9-16/h5-10,12-13H,3-4,11H2,1-2H3/b19-13-. The summed E-state index contributed by atoms with van der Waals surface area (Å²) in [5.74, 6) is 1.23. The van der Waals surface area contributed by atoms with Gasteiger partial charge in [-0.1, -0.05) is 59.3 Å². The van der Waals surface area contributed by atoms with Gasteiger partial charge in [0.2, 0.25) is 0 Å². The highest BCUT2D eigenvalue weighted by Gasteiger charge is 2.33. The fraction of sp³-hybridized carbons (Fsp3) is 0.238. The van der Waals surface area contributed by atoms with E-state index in [0.29, 0.717) is 27.3 Å². The summed E-state index contributed by atoms with van der Waals surface area (Å²) in [4.78, 5) is 15.0. The fourth-order valence-electron chi connectivity index (χ4n) is 2.65. The van der Waals surface area contributed by atoms with Gasteiger partial charge in [-0.25, -0.2) is 0 Å². The highest BCUT2D eigenvalue weighted by atomic mass is 79.9. The van der Waals surface area contributed by atoms with Gasteiger partial charge in [-0.05, 0) is 54.5 Å². The smallest absolute Gasteiger partial charge is 0.270 e. The molecule has 1 aliphatic heterocycles. The van der Waals surface area contributed by atoms with Gasteiger partial charge < -0.3 is 9.47 Å². The molecule has 0 atom stereocenters. The van der Waals surface area contributed by atoms with Gasteiger partial charge in [0.05, 0.1) is 24.3 Å². The van der Waals surface area contributed by atoms with Crippen LogP contribution in [0.15, 0.2) is 51.8 Å². The molecule has 0 aliphatic carbocycles. The summed E-state index contributed by atoms with van der Waals surface area (Å²) in [6.45, 7) is 2.77. The van der Waals surface area contributed by atoms with Crippen molar-refractivity contribution in [2.45, 2.75) is 19.8 Å². The number of hydrogen-bond donors (Lipinski definition) is 0. The van der Waals surface area contributed by atoms with Crippen LogP contribution in [0.5, 0.6) is 11.5 Å². The lowest BCUT2D eigenvalue weighted by molar-refractivity contribution is -0.113. The molecule has 1 amide bonds. The summed E-state index contributed by atoms with van der Waals surface area (Å²) in [5.41, 5.74) is 1.61. The summed E-state index contributed by atoms with van der Waals surface area (Å²) in [6.07, 6.45) is 3.89. The molecule has 1 aliphatic rings. The lowest BCUT2D eigenvalue weighted by atomic mass is 10.1. The van der Waals surface area contributed by atoms with Gasteiger partial charge in [0.15, 0.2) is 15.8 Å². The molecule has 0 spiro atoms. The zero-order valence-electron chi connectivity index (χ0n) is 15.6. The number of halogens is 1. The second kappa shape index (κ2) is 9.58. The average Bonchev–Trinajstić information content (AvgIpc) is 2.97. The second-order valence-corrected chi connectivity index (χ2v) is 8.70. The van der Waals surface area contributed by atoms with Crippen molar-refractivity contribution in [1.82, 2.24) is 0 Å². The number of carbonyl (C=O) groups is 1. The second-order valence-electron chi connectivity index (χ2n) is 6.11. The van der Waals surface area contributed by atoms with Crippen LogP contribution in [-0.2, 0) is 4.79 Å². The number of amides is 1.